The molecule has 2 aliphatic rings. The molecular formula is C19H25NO4. The molecule has 24 heavy (non-hydrogen) atoms. The predicted molar refractivity (Wildman–Crippen MR) is 89.3 cm³/mol. The van der Waals surface area contributed by atoms with E-state index >= 15 is 0 Å². The van der Waals surface area contributed by atoms with Crippen molar-refractivity contribution in [3.8, 4) is 0 Å². The highest BCUT2D eigenvalue weighted by Crippen LogP contribution is 2.40. The van der Waals surface area contributed by atoms with E-state index in [1.54, 1.807) is 4.90 Å². The second kappa shape index (κ2) is 7.79. The van der Waals surface area contributed by atoms with Crippen molar-refractivity contribution in [1.82, 2.24) is 4.90 Å². The Labute approximate surface area is 142 Å². The van der Waals surface area contributed by atoms with Gasteiger partial charge in [-0.2, -0.15) is 0 Å². The van der Waals surface area contributed by atoms with E-state index in [1.807, 2.05) is 30.3 Å². The van der Waals surface area contributed by atoms with Crippen LogP contribution in [0.1, 0.15) is 44.1 Å². The molecule has 3 atom stereocenters. The van der Waals surface area contributed by atoms with Crippen molar-refractivity contribution < 1.29 is 19.4 Å². The van der Waals surface area contributed by atoms with Gasteiger partial charge in [0, 0.05) is 6.04 Å². The molecule has 1 saturated carbocycles. The maximum atomic E-state index is 12.6. The lowest BCUT2D eigenvalue weighted by Crippen LogP contribution is -2.46. The van der Waals surface area contributed by atoms with E-state index in [2.05, 4.69) is 0 Å². The summed E-state index contributed by atoms with van der Waals surface area (Å²) in [5.74, 6) is -0.596. The van der Waals surface area contributed by atoms with Crippen LogP contribution in [-0.2, 0) is 20.9 Å². The van der Waals surface area contributed by atoms with Gasteiger partial charge in [0.15, 0.2) is 0 Å². The predicted octanol–water partition coefficient (Wildman–Crippen LogP) is 2.84. The lowest BCUT2D eigenvalue weighted by molar-refractivity contribution is -0.150. The first-order valence-corrected chi connectivity index (χ1v) is 8.82. The molecule has 2 fully saturated rings. The lowest BCUT2D eigenvalue weighted by atomic mass is 9.84. The smallest absolute Gasteiger partial charge is 0.326 e. The van der Waals surface area contributed by atoms with Crippen LogP contribution in [0.5, 0.6) is 0 Å². The Balaban J connectivity index is 1.53. The van der Waals surface area contributed by atoms with E-state index in [-0.39, 0.29) is 18.4 Å². The summed E-state index contributed by atoms with van der Waals surface area (Å²) in [6.07, 6.45) is 5.07. The maximum Gasteiger partial charge on any atom is 0.326 e. The third-order valence-electron chi connectivity index (χ3n) is 5.23. The van der Waals surface area contributed by atoms with E-state index in [0.29, 0.717) is 25.6 Å². The Morgan fingerprint density at radius 3 is 2.67 bits per heavy atom. The van der Waals surface area contributed by atoms with Gasteiger partial charge in [-0.05, 0) is 30.7 Å². The molecule has 0 bridgehead atoms. The van der Waals surface area contributed by atoms with Gasteiger partial charge in [0.2, 0.25) is 5.91 Å². The van der Waals surface area contributed by atoms with Crippen LogP contribution in [0, 0.1) is 5.92 Å². The zero-order valence-electron chi connectivity index (χ0n) is 13.9. The SMILES string of the molecule is O=C(O)C1CC2CCCCC2N1C(=O)CCOCc1ccccc1. The number of fused-ring (bicyclic) bond motifs is 1. The molecule has 0 spiro atoms. The number of carbonyl (C=O) groups excluding carboxylic acids is 1. The fraction of sp³-hybridized carbons (Fsp3) is 0.579. The van der Waals surface area contributed by atoms with Gasteiger partial charge in [-0.15, -0.1) is 0 Å². The van der Waals surface area contributed by atoms with Gasteiger partial charge in [0.1, 0.15) is 6.04 Å². The van der Waals surface area contributed by atoms with Crippen LogP contribution in [0.3, 0.4) is 0 Å². The summed E-state index contributed by atoms with van der Waals surface area (Å²) >= 11 is 0. The Morgan fingerprint density at radius 2 is 1.92 bits per heavy atom. The van der Waals surface area contributed by atoms with Crippen molar-refractivity contribution in [3.63, 3.8) is 0 Å². The minimum absolute atomic E-state index is 0.0788. The number of amides is 1. The van der Waals surface area contributed by atoms with Crippen LogP contribution in [0.15, 0.2) is 30.3 Å². The first-order valence-electron chi connectivity index (χ1n) is 8.82. The van der Waals surface area contributed by atoms with Gasteiger partial charge >= 0.3 is 5.97 Å². The molecule has 5 nitrogen and oxygen atoms in total. The number of carboxylic acid groups (broad SMARTS) is 1. The Kier molecular flexibility index (Phi) is 5.51. The fourth-order valence-electron chi connectivity index (χ4n) is 4.09. The third-order valence-corrected chi connectivity index (χ3v) is 5.23. The van der Waals surface area contributed by atoms with Crippen molar-refractivity contribution in [1.29, 1.82) is 0 Å². The van der Waals surface area contributed by atoms with Gasteiger partial charge in [0.25, 0.3) is 0 Å². The van der Waals surface area contributed by atoms with Gasteiger partial charge in [-0.1, -0.05) is 43.2 Å². The lowest BCUT2D eigenvalue weighted by Gasteiger charge is -2.33. The van der Waals surface area contributed by atoms with Gasteiger partial charge in [0.05, 0.1) is 19.6 Å². The number of benzene rings is 1. The van der Waals surface area contributed by atoms with E-state index in [0.717, 1.165) is 31.2 Å². The summed E-state index contributed by atoms with van der Waals surface area (Å²) in [7, 11) is 0. The molecule has 1 aromatic carbocycles. The van der Waals surface area contributed by atoms with Crippen LogP contribution in [0.25, 0.3) is 0 Å². The van der Waals surface area contributed by atoms with Crippen molar-refractivity contribution in [2.24, 2.45) is 5.92 Å². The first kappa shape index (κ1) is 17.0. The Morgan fingerprint density at radius 1 is 1.17 bits per heavy atom. The van der Waals surface area contributed by atoms with E-state index in [9.17, 15) is 14.7 Å². The zero-order chi connectivity index (χ0) is 16.9. The minimum Gasteiger partial charge on any atom is -0.480 e. The molecule has 1 heterocycles. The second-order valence-corrected chi connectivity index (χ2v) is 6.79. The standard InChI is InChI=1S/C19H25NO4/c21-18(10-11-24-13-14-6-2-1-3-7-14)20-16-9-5-4-8-15(16)12-17(20)19(22)23/h1-3,6-7,15-17H,4-5,8-13H2,(H,22,23). The van der Waals surface area contributed by atoms with E-state index < -0.39 is 12.0 Å². The fourth-order valence-corrected chi connectivity index (χ4v) is 4.09. The van der Waals surface area contributed by atoms with Gasteiger partial charge < -0.3 is 14.7 Å². The molecule has 130 valence electrons. The molecular weight excluding hydrogens is 306 g/mol. The molecule has 0 radical (unpaired) electrons. The molecule has 5 heteroatoms. The highest BCUT2D eigenvalue weighted by atomic mass is 16.5. The number of nitrogens with zero attached hydrogens (tertiary/aromatic N) is 1. The number of likely N-dealkylation sites (tertiary alicyclic amines) is 1. The quantitative estimate of drug-likeness (QED) is 0.814. The molecule has 1 aliphatic carbocycles. The van der Waals surface area contributed by atoms with E-state index in [4.69, 9.17) is 4.74 Å². The van der Waals surface area contributed by atoms with Crippen LogP contribution in [-0.4, -0.2) is 40.6 Å². The first-order chi connectivity index (χ1) is 11.7. The number of rotatable bonds is 6. The van der Waals surface area contributed by atoms with Crippen LogP contribution in [0.4, 0.5) is 0 Å². The van der Waals surface area contributed by atoms with Crippen LogP contribution >= 0.6 is 0 Å². The van der Waals surface area contributed by atoms with Crippen molar-refractivity contribution in [3.05, 3.63) is 35.9 Å². The molecule has 1 N–H and O–H groups in total. The summed E-state index contributed by atoms with van der Waals surface area (Å²) in [5, 5.41) is 9.47. The maximum absolute atomic E-state index is 12.6. The molecule has 1 saturated heterocycles. The second-order valence-electron chi connectivity index (χ2n) is 6.79. The Hall–Kier alpha value is -1.88. The van der Waals surface area contributed by atoms with Crippen molar-refractivity contribution in [2.75, 3.05) is 6.61 Å². The average Bonchev–Trinajstić information content (AvgIpc) is 2.99. The molecule has 0 aromatic heterocycles. The number of aliphatic carboxylic acids is 1. The summed E-state index contributed by atoms with van der Waals surface area (Å²) in [5.41, 5.74) is 1.07. The topological polar surface area (TPSA) is 66.8 Å². The number of hydrogen-bond acceptors (Lipinski definition) is 3. The highest BCUT2D eigenvalue weighted by molar-refractivity contribution is 5.84. The largest absolute Gasteiger partial charge is 0.480 e. The van der Waals surface area contributed by atoms with Crippen LogP contribution in [0.2, 0.25) is 0 Å². The number of carbonyl (C=O) groups is 2. The van der Waals surface area contributed by atoms with Gasteiger partial charge in [-0.3, -0.25) is 4.79 Å². The molecule has 1 aliphatic heterocycles. The van der Waals surface area contributed by atoms with Crippen molar-refractivity contribution >= 4 is 11.9 Å². The van der Waals surface area contributed by atoms with E-state index in [1.165, 1.54) is 0 Å². The zero-order valence-corrected chi connectivity index (χ0v) is 13.9. The number of ether oxygens (including phenoxy) is 1. The normalized spacial score (nSPS) is 26.2. The monoisotopic (exact) mass is 331 g/mol. The van der Waals surface area contributed by atoms with Crippen LogP contribution < -0.4 is 0 Å². The molecule has 3 unspecified atom stereocenters. The van der Waals surface area contributed by atoms with Gasteiger partial charge in [-0.25, -0.2) is 4.79 Å². The Bertz CT molecular complexity index is 574. The third kappa shape index (κ3) is 3.78. The summed E-state index contributed by atoms with van der Waals surface area (Å²) in [6, 6.07) is 9.28. The molecule has 1 aromatic rings. The number of carboxylic acids is 1. The highest BCUT2D eigenvalue weighted by Gasteiger charge is 2.47. The summed E-state index contributed by atoms with van der Waals surface area (Å²) in [6.45, 7) is 0.802. The summed E-state index contributed by atoms with van der Waals surface area (Å²) < 4.78 is 5.59. The number of hydrogen-bond donors (Lipinski definition) is 1. The summed E-state index contributed by atoms with van der Waals surface area (Å²) in [4.78, 5) is 25.8. The molecule has 1 amide bonds. The molecule has 3 rings (SSSR count). The van der Waals surface area contributed by atoms with Crippen molar-refractivity contribution in [2.45, 2.75) is 57.2 Å². The average molecular weight is 331 g/mol. The minimum atomic E-state index is -0.872.